The number of aromatic amines is 1. The number of rotatable bonds is 12. The van der Waals surface area contributed by atoms with Crippen LogP contribution in [0, 0.1) is 0 Å². The van der Waals surface area contributed by atoms with Gasteiger partial charge in [-0.05, 0) is 107 Å². The van der Waals surface area contributed by atoms with E-state index in [1.165, 1.54) is 25.5 Å². The van der Waals surface area contributed by atoms with E-state index in [2.05, 4.69) is 34.6 Å². The number of hydrogen-bond acceptors (Lipinski definition) is 9. The van der Waals surface area contributed by atoms with Crippen LogP contribution in [0.4, 0.5) is 0 Å². The lowest BCUT2D eigenvalue weighted by atomic mass is 9.73. The zero-order chi connectivity index (χ0) is 35.8. The number of aromatic hydroxyl groups is 2. The molecule has 0 amide bonds. The van der Waals surface area contributed by atoms with Gasteiger partial charge in [-0.1, -0.05) is 31.0 Å². The molecule has 3 atom stereocenters. The van der Waals surface area contributed by atoms with Gasteiger partial charge >= 0.3 is 0 Å². The van der Waals surface area contributed by atoms with Gasteiger partial charge in [-0.15, -0.1) is 0 Å². The highest BCUT2D eigenvalue weighted by atomic mass is 16.6. The fraction of sp³-hybridized carbons (Fsp3) is 0.381. The lowest BCUT2D eigenvalue weighted by Crippen LogP contribution is -2.38. The number of phenols is 2. The number of fused-ring (bicyclic) bond motifs is 6. The fourth-order valence-corrected chi connectivity index (χ4v) is 8.37. The second kappa shape index (κ2) is 14.7. The normalized spacial score (nSPS) is 19.7. The van der Waals surface area contributed by atoms with E-state index >= 15 is 0 Å². The van der Waals surface area contributed by atoms with E-state index in [4.69, 9.17) is 18.9 Å². The van der Waals surface area contributed by atoms with Crippen molar-refractivity contribution in [2.45, 2.75) is 75.2 Å². The van der Waals surface area contributed by atoms with Gasteiger partial charge < -0.3 is 44.4 Å². The number of methoxy groups -OCH3 is 1. The van der Waals surface area contributed by atoms with Crippen LogP contribution >= 0.6 is 0 Å². The second-order valence-corrected chi connectivity index (χ2v) is 14.3. The smallest absolute Gasteiger partial charge is 0.160 e. The summed E-state index contributed by atoms with van der Waals surface area (Å²) in [5, 5.41) is 46.0. The maximum atomic E-state index is 10.7. The Morgan fingerprint density at radius 3 is 2.56 bits per heavy atom. The molecule has 0 bridgehead atoms. The molecule has 3 aliphatic rings. The molecule has 272 valence electrons. The van der Waals surface area contributed by atoms with Crippen molar-refractivity contribution in [2.75, 3.05) is 27.1 Å². The van der Waals surface area contributed by atoms with Gasteiger partial charge in [-0.25, -0.2) is 0 Å². The summed E-state index contributed by atoms with van der Waals surface area (Å²) in [6.07, 6.45) is 6.87. The summed E-state index contributed by atoms with van der Waals surface area (Å²) in [5.74, 6) is 1.73. The third kappa shape index (κ3) is 6.67. The monoisotopic (exact) mass is 706 g/mol. The first kappa shape index (κ1) is 34.4. The Kier molecular flexibility index (Phi) is 9.72. The number of hydrogen-bond donors (Lipinski definition) is 6. The minimum atomic E-state index is -0.841. The van der Waals surface area contributed by atoms with E-state index in [1.54, 1.807) is 18.2 Å². The minimum Gasteiger partial charge on any atom is -0.508 e. The molecular weight excluding hydrogens is 660 g/mol. The number of H-pyrrole nitrogens is 1. The third-order valence-corrected chi connectivity index (χ3v) is 11.0. The number of aliphatic hydroxyl groups excluding tert-OH is 2. The first-order valence-corrected chi connectivity index (χ1v) is 18.3. The van der Waals surface area contributed by atoms with E-state index < -0.39 is 12.2 Å². The Labute approximate surface area is 302 Å². The van der Waals surface area contributed by atoms with E-state index in [9.17, 15) is 20.4 Å². The number of aromatic nitrogens is 1. The molecule has 0 radical (unpaired) electrons. The van der Waals surface area contributed by atoms with Crippen molar-refractivity contribution < 1.29 is 39.4 Å². The first-order valence-electron chi connectivity index (χ1n) is 18.3. The molecule has 0 saturated heterocycles. The second-order valence-electron chi connectivity index (χ2n) is 14.3. The van der Waals surface area contributed by atoms with E-state index in [-0.39, 0.29) is 36.7 Å². The summed E-state index contributed by atoms with van der Waals surface area (Å²) in [5.41, 5.74) is 7.97. The molecule has 6 N–H and O–H groups in total. The molecule has 8 rings (SSSR count). The van der Waals surface area contributed by atoms with Gasteiger partial charge in [-0.2, -0.15) is 0 Å². The molecule has 5 aromatic rings. The number of phenolic OH excluding ortho intramolecular Hbond substituents is 2. The maximum Gasteiger partial charge on any atom is 0.160 e. The summed E-state index contributed by atoms with van der Waals surface area (Å²) in [6.45, 7) is -0.352. The van der Waals surface area contributed by atoms with Crippen LogP contribution in [0.2, 0.25) is 0 Å². The van der Waals surface area contributed by atoms with Crippen molar-refractivity contribution in [1.82, 2.24) is 10.3 Å². The van der Waals surface area contributed by atoms with Crippen LogP contribution in [0.25, 0.3) is 22.0 Å². The lowest BCUT2D eigenvalue weighted by molar-refractivity contribution is -0.0469. The highest BCUT2D eigenvalue weighted by molar-refractivity contribution is 5.83. The predicted octanol–water partition coefficient (Wildman–Crippen LogP) is 6.42. The summed E-state index contributed by atoms with van der Waals surface area (Å²) in [6, 6.07) is 21.6. The number of aliphatic hydroxyl groups is 2. The third-order valence-electron chi connectivity index (χ3n) is 11.0. The van der Waals surface area contributed by atoms with Crippen molar-refractivity contribution in [3.63, 3.8) is 0 Å². The van der Waals surface area contributed by atoms with Gasteiger partial charge in [0.15, 0.2) is 17.6 Å². The van der Waals surface area contributed by atoms with Crippen LogP contribution < -0.4 is 19.5 Å². The Balaban J connectivity index is 1.23. The van der Waals surface area contributed by atoms with E-state index in [0.717, 1.165) is 63.5 Å². The Bertz CT molecular complexity index is 2050. The van der Waals surface area contributed by atoms with Crippen LogP contribution in [-0.4, -0.2) is 70.7 Å². The average molecular weight is 707 g/mol. The molecule has 1 aliphatic heterocycles. The zero-order valence-corrected chi connectivity index (χ0v) is 29.3. The van der Waals surface area contributed by atoms with Crippen LogP contribution in [-0.2, 0) is 24.0 Å². The Morgan fingerprint density at radius 2 is 1.75 bits per heavy atom. The fourth-order valence-electron chi connectivity index (χ4n) is 8.37. The van der Waals surface area contributed by atoms with E-state index in [1.807, 2.05) is 30.5 Å². The molecule has 4 aromatic carbocycles. The molecule has 2 heterocycles. The summed E-state index contributed by atoms with van der Waals surface area (Å²) >= 11 is 0. The van der Waals surface area contributed by atoms with Gasteiger partial charge in [0.05, 0.1) is 27.1 Å². The topological polar surface area (TPSA) is 146 Å². The van der Waals surface area contributed by atoms with Crippen molar-refractivity contribution in [3.8, 4) is 39.9 Å². The van der Waals surface area contributed by atoms with Crippen molar-refractivity contribution in [1.29, 1.82) is 0 Å². The van der Waals surface area contributed by atoms with E-state index in [0.29, 0.717) is 42.9 Å². The summed E-state index contributed by atoms with van der Waals surface area (Å²) in [7, 11) is 1.52. The average Bonchev–Trinajstić information content (AvgIpc) is 3.86. The largest absolute Gasteiger partial charge is 0.508 e. The SMILES string of the molecule is COc1cc([C@H]2Oc3cc(OC(CO)CO)c4c(c3C[C@H]2OCNC2CCCC2)C[C@@H](Cc2ccc3[nH]ccc3c2)c2cc(O)ccc2-4)ccc1O. The molecule has 1 fully saturated rings. The van der Waals surface area contributed by atoms with Gasteiger partial charge in [0, 0.05) is 41.4 Å². The molecule has 0 spiro atoms. The van der Waals surface area contributed by atoms with Crippen LogP contribution in [0.5, 0.6) is 28.7 Å². The number of benzene rings is 4. The van der Waals surface area contributed by atoms with Crippen molar-refractivity contribution in [2.24, 2.45) is 0 Å². The minimum absolute atomic E-state index is 0.0271. The first-order chi connectivity index (χ1) is 25.4. The molecule has 0 unspecified atom stereocenters. The maximum absolute atomic E-state index is 10.7. The highest BCUT2D eigenvalue weighted by Gasteiger charge is 2.39. The Morgan fingerprint density at radius 1 is 0.904 bits per heavy atom. The van der Waals surface area contributed by atoms with Gasteiger partial charge in [-0.3, -0.25) is 5.32 Å². The van der Waals surface area contributed by atoms with Crippen LogP contribution in [0.15, 0.2) is 72.9 Å². The molecular formula is C42H46N2O8. The quantitative estimate of drug-likeness (QED) is 0.0810. The van der Waals surface area contributed by atoms with Crippen molar-refractivity contribution >= 4 is 10.9 Å². The zero-order valence-electron chi connectivity index (χ0n) is 29.3. The van der Waals surface area contributed by atoms with Gasteiger partial charge in [0.1, 0.15) is 29.5 Å². The lowest BCUT2D eigenvalue weighted by Gasteiger charge is -2.39. The number of ether oxygens (including phenoxy) is 4. The van der Waals surface area contributed by atoms with Crippen LogP contribution in [0.1, 0.15) is 65.5 Å². The molecule has 10 nitrogen and oxygen atoms in total. The highest BCUT2D eigenvalue weighted by Crippen LogP contribution is 2.53. The van der Waals surface area contributed by atoms with Gasteiger partial charge in [0.2, 0.25) is 0 Å². The molecule has 2 aliphatic carbocycles. The molecule has 1 saturated carbocycles. The van der Waals surface area contributed by atoms with Gasteiger partial charge in [0.25, 0.3) is 0 Å². The molecule has 10 heteroatoms. The molecule has 1 aromatic heterocycles. The summed E-state index contributed by atoms with van der Waals surface area (Å²) in [4.78, 5) is 3.28. The predicted molar refractivity (Wildman–Crippen MR) is 197 cm³/mol. The molecule has 52 heavy (non-hydrogen) atoms. The van der Waals surface area contributed by atoms with Crippen LogP contribution in [0.3, 0.4) is 0 Å². The summed E-state index contributed by atoms with van der Waals surface area (Å²) < 4.78 is 25.4. The Hall–Kier alpha value is -4.74. The van der Waals surface area contributed by atoms with Crippen molar-refractivity contribution in [3.05, 3.63) is 101 Å². The standard InChI is InChI=1S/C42H46N2O8/c1-49-38-17-26(7-11-36(38)48)42-40(50-23-44-28-4-2-3-5-28)19-33-34-16-27(15-24-6-10-35-25(14-24)12-13-43-35)32-18-29(47)8-9-31(32)41(34)39(20-37(33)52-42)51-30(21-45)22-46/h6-14,17-18,20,27-28,30,40,42-48H,2-5,15-16,19,21-23H2,1H3/t27-,40-,42-/m1/s1. The number of nitrogens with one attached hydrogen (secondary N) is 2.